The molecule has 2 rings (SSSR count). The van der Waals surface area contributed by atoms with Crippen LogP contribution >= 0.6 is 0 Å². The van der Waals surface area contributed by atoms with Gasteiger partial charge in [0.15, 0.2) is 11.5 Å². The average molecular weight is 244 g/mol. The Kier molecular flexibility index (Phi) is 3.72. The molecular weight excluding hydrogens is 228 g/mol. The monoisotopic (exact) mass is 244 g/mol. The van der Waals surface area contributed by atoms with Crippen LogP contribution in [-0.2, 0) is 0 Å². The van der Waals surface area contributed by atoms with Crippen LogP contribution in [0.25, 0.3) is 0 Å². The largest absolute Gasteiger partial charge is 0.504 e. The summed E-state index contributed by atoms with van der Waals surface area (Å²) in [5.41, 5.74) is 0. The van der Waals surface area contributed by atoms with E-state index in [0.717, 1.165) is 5.75 Å². The number of phenolic OH excluding ortho intramolecular Hbond substituents is 1. The summed E-state index contributed by atoms with van der Waals surface area (Å²) in [7, 11) is 0. The van der Waals surface area contributed by atoms with Crippen molar-refractivity contribution < 1.29 is 14.6 Å². The van der Waals surface area contributed by atoms with E-state index in [-0.39, 0.29) is 11.9 Å². The first-order valence-corrected chi connectivity index (χ1v) is 5.88. The number of aromatic hydroxyl groups is 1. The minimum absolute atomic E-state index is 0.00266. The summed E-state index contributed by atoms with van der Waals surface area (Å²) in [6.45, 7) is 3.81. The molecular formula is C15H16O3. The average Bonchev–Trinajstić information content (AvgIpc) is 2.34. The Hall–Kier alpha value is -2.16. The number of para-hydroxylation sites is 1. The SMILES string of the molecule is CC(C)Oc1cc(Oc2ccccc2)ccc1O. The molecule has 0 aliphatic heterocycles. The molecule has 0 aliphatic carbocycles. The lowest BCUT2D eigenvalue weighted by Crippen LogP contribution is -2.05. The summed E-state index contributed by atoms with van der Waals surface area (Å²) in [4.78, 5) is 0. The third kappa shape index (κ3) is 3.17. The van der Waals surface area contributed by atoms with Gasteiger partial charge in [0.2, 0.25) is 0 Å². The van der Waals surface area contributed by atoms with Crippen LogP contribution in [-0.4, -0.2) is 11.2 Å². The lowest BCUT2D eigenvalue weighted by Gasteiger charge is -2.13. The second kappa shape index (κ2) is 5.45. The van der Waals surface area contributed by atoms with Crippen LogP contribution in [0.15, 0.2) is 48.5 Å². The van der Waals surface area contributed by atoms with Crippen molar-refractivity contribution in [1.82, 2.24) is 0 Å². The number of benzene rings is 2. The van der Waals surface area contributed by atoms with Gasteiger partial charge < -0.3 is 14.6 Å². The molecule has 2 aromatic carbocycles. The number of ether oxygens (including phenoxy) is 2. The lowest BCUT2D eigenvalue weighted by molar-refractivity contribution is 0.231. The zero-order valence-electron chi connectivity index (χ0n) is 10.5. The van der Waals surface area contributed by atoms with Gasteiger partial charge >= 0.3 is 0 Å². The summed E-state index contributed by atoms with van der Waals surface area (Å²) in [6.07, 6.45) is 0.00266. The van der Waals surface area contributed by atoms with Gasteiger partial charge in [-0.25, -0.2) is 0 Å². The highest BCUT2D eigenvalue weighted by Crippen LogP contribution is 2.33. The Morgan fingerprint density at radius 1 is 0.944 bits per heavy atom. The molecule has 0 aromatic heterocycles. The summed E-state index contributed by atoms with van der Waals surface area (Å²) in [5.74, 6) is 1.93. The Bertz CT molecular complexity index is 506. The highest BCUT2D eigenvalue weighted by Gasteiger charge is 2.07. The van der Waals surface area contributed by atoms with Gasteiger partial charge in [0.1, 0.15) is 11.5 Å². The molecule has 3 heteroatoms. The van der Waals surface area contributed by atoms with E-state index in [2.05, 4.69) is 0 Å². The summed E-state index contributed by atoms with van der Waals surface area (Å²) in [6, 6.07) is 14.4. The molecule has 0 saturated carbocycles. The van der Waals surface area contributed by atoms with Crippen LogP contribution < -0.4 is 9.47 Å². The van der Waals surface area contributed by atoms with Crippen LogP contribution in [0.5, 0.6) is 23.0 Å². The van der Waals surface area contributed by atoms with Crippen molar-refractivity contribution in [3.8, 4) is 23.0 Å². The van der Waals surface area contributed by atoms with Crippen LogP contribution in [0, 0.1) is 0 Å². The van der Waals surface area contributed by atoms with Gasteiger partial charge in [0, 0.05) is 6.07 Å². The molecule has 2 aromatic rings. The molecule has 0 saturated heterocycles. The van der Waals surface area contributed by atoms with Crippen molar-refractivity contribution in [2.24, 2.45) is 0 Å². The Balaban J connectivity index is 2.19. The van der Waals surface area contributed by atoms with E-state index in [1.165, 1.54) is 0 Å². The molecule has 94 valence electrons. The maximum absolute atomic E-state index is 9.67. The first kappa shape index (κ1) is 12.3. The van der Waals surface area contributed by atoms with Gasteiger partial charge in [-0.3, -0.25) is 0 Å². The van der Waals surface area contributed by atoms with E-state index in [4.69, 9.17) is 9.47 Å². The van der Waals surface area contributed by atoms with E-state index in [0.29, 0.717) is 11.5 Å². The maximum atomic E-state index is 9.67. The second-order valence-electron chi connectivity index (χ2n) is 4.21. The van der Waals surface area contributed by atoms with E-state index >= 15 is 0 Å². The Morgan fingerprint density at radius 3 is 2.33 bits per heavy atom. The molecule has 0 amide bonds. The van der Waals surface area contributed by atoms with Crippen molar-refractivity contribution in [2.75, 3.05) is 0 Å². The van der Waals surface area contributed by atoms with Crippen LogP contribution in [0.1, 0.15) is 13.8 Å². The summed E-state index contributed by atoms with van der Waals surface area (Å²) >= 11 is 0. The van der Waals surface area contributed by atoms with Gasteiger partial charge in [0.25, 0.3) is 0 Å². The fourth-order valence-corrected chi connectivity index (χ4v) is 1.53. The third-order valence-electron chi connectivity index (χ3n) is 2.27. The molecule has 1 N–H and O–H groups in total. The molecule has 0 spiro atoms. The minimum Gasteiger partial charge on any atom is -0.504 e. The lowest BCUT2D eigenvalue weighted by atomic mass is 10.3. The third-order valence-corrected chi connectivity index (χ3v) is 2.27. The molecule has 18 heavy (non-hydrogen) atoms. The molecule has 0 aliphatic rings. The summed E-state index contributed by atoms with van der Waals surface area (Å²) in [5, 5.41) is 9.67. The molecule has 0 bridgehead atoms. The van der Waals surface area contributed by atoms with Gasteiger partial charge in [-0.2, -0.15) is 0 Å². The first-order valence-electron chi connectivity index (χ1n) is 5.88. The van der Waals surface area contributed by atoms with E-state index in [9.17, 15) is 5.11 Å². The minimum atomic E-state index is 0.00266. The van der Waals surface area contributed by atoms with Gasteiger partial charge in [-0.1, -0.05) is 18.2 Å². The van der Waals surface area contributed by atoms with E-state index in [1.54, 1.807) is 18.2 Å². The quantitative estimate of drug-likeness (QED) is 0.884. The molecule has 0 atom stereocenters. The fourth-order valence-electron chi connectivity index (χ4n) is 1.53. The number of phenols is 1. The maximum Gasteiger partial charge on any atom is 0.165 e. The highest BCUT2D eigenvalue weighted by molar-refractivity contribution is 5.46. The van der Waals surface area contributed by atoms with E-state index in [1.807, 2.05) is 44.2 Å². The van der Waals surface area contributed by atoms with Gasteiger partial charge in [-0.15, -0.1) is 0 Å². The standard InChI is InChI=1S/C15H16O3/c1-11(2)17-15-10-13(8-9-14(15)16)18-12-6-4-3-5-7-12/h3-11,16H,1-2H3. The number of hydrogen-bond donors (Lipinski definition) is 1. The predicted molar refractivity (Wildman–Crippen MR) is 70.4 cm³/mol. The van der Waals surface area contributed by atoms with Crippen molar-refractivity contribution in [2.45, 2.75) is 20.0 Å². The van der Waals surface area contributed by atoms with Crippen LogP contribution in [0.4, 0.5) is 0 Å². The molecule has 0 radical (unpaired) electrons. The van der Waals surface area contributed by atoms with Crippen molar-refractivity contribution >= 4 is 0 Å². The Labute approximate surface area is 107 Å². The topological polar surface area (TPSA) is 38.7 Å². The van der Waals surface area contributed by atoms with Gasteiger partial charge in [-0.05, 0) is 38.1 Å². The highest BCUT2D eigenvalue weighted by atomic mass is 16.5. The zero-order chi connectivity index (χ0) is 13.0. The summed E-state index contributed by atoms with van der Waals surface area (Å²) < 4.78 is 11.2. The molecule has 0 unspecified atom stereocenters. The van der Waals surface area contributed by atoms with Crippen molar-refractivity contribution in [1.29, 1.82) is 0 Å². The van der Waals surface area contributed by atoms with Crippen molar-refractivity contribution in [3.05, 3.63) is 48.5 Å². The number of hydrogen-bond acceptors (Lipinski definition) is 3. The van der Waals surface area contributed by atoms with Gasteiger partial charge in [0.05, 0.1) is 6.10 Å². The molecule has 3 nitrogen and oxygen atoms in total. The zero-order valence-corrected chi connectivity index (χ0v) is 10.5. The second-order valence-corrected chi connectivity index (χ2v) is 4.21. The normalized spacial score (nSPS) is 10.4. The fraction of sp³-hybridized carbons (Fsp3) is 0.200. The molecule has 0 fully saturated rings. The molecule has 0 heterocycles. The van der Waals surface area contributed by atoms with E-state index < -0.39 is 0 Å². The van der Waals surface area contributed by atoms with Crippen LogP contribution in [0.2, 0.25) is 0 Å². The Morgan fingerprint density at radius 2 is 1.67 bits per heavy atom. The van der Waals surface area contributed by atoms with Crippen molar-refractivity contribution in [3.63, 3.8) is 0 Å². The first-order chi connectivity index (χ1) is 8.65. The number of rotatable bonds is 4. The predicted octanol–water partition coefficient (Wildman–Crippen LogP) is 3.97. The van der Waals surface area contributed by atoms with Crippen LogP contribution in [0.3, 0.4) is 0 Å². The smallest absolute Gasteiger partial charge is 0.165 e.